The second-order valence-corrected chi connectivity index (χ2v) is 8.60. The van der Waals surface area contributed by atoms with Crippen LogP contribution in [0.3, 0.4) is 0 Å². The SMILES string of the molecule is Cc1nnn(Cc2cc(Cl)ccc2/C=C/C(=O)N2CCN(Cc3ccc(O)cn3)C[C@H]2C)n1. The summed E-state index contributed by atoms with van der Waals surface area (Å²) in [4.78, 5) is 22.8. The summed E-state index contributed by atoms with van der Waals surface area (Å²) in [6.45, 7) is 7.08. The first-order valence-electron chi connectivity index (χ1n) is 10.7. The number of nitrogens with zero attached hydrogens (tertiary/aromatic N) is 7. The monoisotopic (exact) mass is 467 g/mol. The van der Waals surface area contributed by atoms with Gasteiger partial charge in [0.05, 0.1) is 18.4 Å². The molecule has 3 heterocycles. The van der Waals surface area contributed by atoms with Crippen molar-refractivity contribution in [3.8, 4) is 5.75 Å². The van der Waals surface area contributed by atoms with Gasteiger partial charge in [0.25, 0.3) is 0 Å². The normalized spacial score (nSPS) is 17.1. The van der Waals surface area contributed by atoms with Crippen LogP contribution in [0.5, 0.6) is 5.75 Å². The summed E-state index contributed by atoms with van der Waals surface area (Å²) in [6, 6.07) is 9.07. The molecule has 1 aliphatic rings. The highest BCUT2D eigenvalue weighted by molar-refractivity contribution is 6.30. The molecule has 1 saturated heterocycles. The van der Waals surface area contributed by atoms with E-state index in [1.807, 2.05) is 29.2 Å². The maximum atomic E-state index is 12.9. The van der Waals surface area contributed by atoms with Crippen LogP contribution in [-0.4, -0.2) is 71.7 Å². The molecule has 1 aromatic carbocycles. The Hall–Kier alpha value is -3.30. The Morgan fingerprint density at radius 1 is 1.24 bits per heavy atom. The van der Waals surface area contributed by atoms with E-state index in [4.69, 9.17) is 11.6 Å². The molecule has 9 nitrogen and oxygen atoms in total. The third-order valence-corrected chi connectivity index (χ3v) is 5.80. The predicted molar refractivity (Wildman–Crippen MR) is 124 cm³/mol. The molecule has 1 N–H and O–H groups in total. The summed E-state index contributed by atoms with van der Waals surface area (Å²) in [5.74, 6) is 0.727. The fourth-order valence-corrected chi connectivity index (χ4v) is 4.11. The first kappa shape index (κ1) is 22.9. The van der Waals surface area contributed by atoms with Crippen molar-refractivity contribution in [3.63, 3.8) is 0 Å². The van der Waals surface area contributed by atoms with Crippen LogP contribution in [0.2, 0.25) is 5.02 Å². The van der Waals surface area contributed by atoms with Crippen molar-refractivity contribution >= 4 is 23.6 Å². The summed E-state index contributed by atoms with van der Waals surface area (Å²) in [6.07, 6.45) is 4.88. The van der Waals surface area contributed by atoms with E-state index in [-0.39, 0.29) is 17.7 Å². The maximum absolute atomic E-state index is 12.9. The summed E-state index contributed by atoms with van der Waals surface area (Å²) in [5, 5.41) is 22.1. The van der Waals surface area contributed by atoms with Crippen LogP contribution >= 0.6 is 11.6 Å². The number of tetrazole rings is 1. The van der Waals surface area contributed by atoms with Gasteiger partial charge in [-0.1, -0.05) is 17.7 Å². The Morgan fingerprint density at radius 3 is 2.79 bits per heavy atom. The topological polar surface area (TPSA) is 100 Å². The van der Waals surface area contributed by atoms with E-state index < -0.39 is 0 Å². The maximum Gasteiger partial charge on any atom is 0.246 e. The number of hydrogen-bond acceptors (Lipinski definition) is 7. The number of pyridine rings is 1. The van der Waals surface area contributed by atoms with Gasteiger partial charge in [0.15, 0.2) is 5.82 Å². The van der Waals surface area contributed by atoms with E-state index in [2.05, 4.69) is 32.2 Å². The van der Waals surface area contributed by atoms with Crippen LogP contribution in [0.15, 0.2) is 42.6 Å². The number of aryl methyl sites for hydroxylation is 1. The minimum Gasteiger partial charge on any atom is -0.506 e. The minimum absolute atomic E-state index is 0.0273. The number of rotatable bonds is 6. The molecule has 10 heteroatoms. The lowest BCUT2D eigenvalue weighted by Gasteiger charge is -2.39. The van der Waals surface area contributed by atoms with Gasteiger partial charge >= 0.3 is 0 Å². The van der Waals surface area contributed by atoms with Crippen molar-refractivity contribution in [2.24, 2.45) is 0 Å². The second-order valence-electron chi connectivity index (χ2n) is 8.17. The lowest BCUT2D eigenvalue weighted by molar-refractivity contribution is -0.130. The number of piperazine rings is 1. The van der Waals surface area contributed by atoms with Gasteiger partial charge in [0, 0.05) is 43.3 Å². The number of amides is 1. The van der Waals surface area contributed by atoms with Gasteiger partial charge in [-0.25, -0.2) is 0 Å². The molecule has 0 spiro atoms. The van der Waals surface area contributed by atoms with Crippen LogP contribution in [0.1, 0.15) is 29.6 Å². The highest BCUT2D eigenvalue weighted by atomic mass is 35.5. The largest absolute Gasteiger partial charge is 0.506 e. The first-order valence-corrected chi connectivity index (χ1v) is 11.1. The van der Waals surface area contributed by atoms with E-state index >= 15 is 0 Å². The molecule has 1 atom stereocenters. The molecule has 4 rings (SSSR count). The third-order valence-electron chi connectivity index (χ3n) is 5.56. The van der Waals surface area contributed by atoms with Gasteiger partial charge in [0.1, 0.15) is 5.75 Å². The lowest BCUT2D eigenvalue weighted by Crippen LogP contribution is -2.53. The van der Waals surface area contributed by atoms with Crippen LogP contribution in [0.4, 0.5) is 0 Å². The Balaban J connectivity index is 1.39. The van der Waals surface area contributed by atoms with Crippen LogP contribution in [-0.2, 0) is 17.9 Å². The first-order chi connectivity index (χ1) is 15.9. The number of hydrogen-bond donors (Lipinski definition) is 1. The van der Waals surface area contributed by atoms with Crippen molar-refractivity contribution < 1.29 is 9.90 Å². The standard InChI is InChI=1S/C23H26ClN7O2/c1-16-13-29(15-21-6-7-22(32)12-25-21)9-10-30(16)23(33)8-4-18-3-5-20(24)11-19(18)14-31-27-17(2)26-28-31/h3-8,11-12,16,32H,9-10,13-15H2,1-2H3/b8-4+/t16-/m1/s1. The predicted octanol–water partition coefficient (Wildman–Crippen LogP) is 2.53. The molecule has 0 radical (unpaired) electrons. The van der Waals surface area contributed by atoms with Gasteiger partial charge in [-0.2, -0.15) is 4.80 Å². The van der Waals surface area contributed by atoms with Crippen molar-refractivity contribution in [1.29, 1.82) is 0 Å². The zero-order valence-electron chi connectivity index (χ0n) is 18.6. The molecule has 0 aliphatic carbocycles. The van der Waals surface area contributed by atoms with E-state index in [1.165, 1.54) is 11.0 Å². The molecule has 3 aromatic rings. The highest BCUT2D eigenvalue weighted by Crippen LogP contribution is 2.19. The third kappa shape index (κ3) is 5.94. The number of halogens is 1. The Labute approximate surface area is 197 Å². The smallest absolute Gasteiger partial charge is 0.246 e. The molecule has 1 aliphatic heterocycles. The Bertz CT molecular complexity index is 1150. The molecule has 1 amide bonds. The van der Waals surface area contributed by atoms with Gasteiger partial charge < -0.3 is 10.0 Å². The molecule has 0 saturated carbocycles. The van der Waals surface area contributed by atoms with Gasteiger partial charge in [-0.3, -0.25) is 14.7 Å². The highest BCUT2D eigenvalue weighted by Gasteiger charge is 2.26. The van der Waals surface area contributed by atoms with Crippen LogP contribution in [0.25, 0.3) is 6.08 Å². The summed E-state index contributed by atoms with van der Waals surface area (Å²) >= 11 is 6.18. The average Bonchev–Trinajstić information content (AvgIpc) is 3.19. The lowest BCUT2D eigenvalue weighted by atomic mass is 10.1. The fourth-order valence-electron chi connectivity index (χ4n) is 3.92. The molecule has 1 fully saturated rings. The second kappa shape index (κ2) is 10.1. The fraction of sp³-hybridized carbons (Fsp3) is 0.348. The van der Waals surface area contributed by atoms with Crippen molar-refractivity contribution in [1.82, 2.24) is 35.0 Å². The Morgan fingerprint density at radius 2 is 2.09 bits per heavy atom. The zero-order chi connectivity index (χ0) is 23.4. The number of benzene rings is 1. The van der Waals surface area contributed by atoms with Gasteiger partial charge in [0.2, 0.25) is 5.91 Å². The van der Waals surface area contributed by atoms with Crippen molar-refractivity contribution in [2.75, 3.05) is 19.6 Å². The molecular weight excluding hydrogens is 442 g/mol. The van der Waals surface area contributed by atoms with Crippen LogP contribution in [0, 0.1) is 6.92 Å². The zero-order valence-corrected chi connectivity index (χ0v) is 19.4. The Kier molecular flexibility index (Phi) is 7.00. The molecule has 2 aromatic heterocycles. The minimum atomic E-state index is -0.0273. The molecule has 0 bridgehead atoms. The van der Waals surface area contributed by atoms with E-state index in [9.17, 15) is 9.90 Å². The van der Waals surface area contributed by atoms with Gasteiger partial charge in [-0.05, 0) is 60.5 Å². The summed E-state index contributed by atoms with van der Waals surface area (Å²) < 4.78 is 0. The quantitative estimate of drug-likeness (QED) is 0.556. The van der Waals surface area contributed by atoms with E-state index in [1.54, 1.807) is 25.1 Å². The van der Waals surface area contributed by atoms with E-state index in [0.29, 0.717) is 30.5 Å². The number of aromatic nitrogens is 5. The molecule has 172 valence electrons. The summed E-state index contributed by atoms with van der Waals surface area (Å²) in [7, 11) is 0. The number of carbonyl (C=O) groups is 1. The summed E-state index contributed by atoms with van der Waals surface area (Å²) in [5.41, 5.74) is 2.68. The molecular formula is C23H26ClN7O2. The van der Waals surface area contributed by atoms with Crippen molar-refractivity contribution in [3.05, 3.63) is 70.3 Å². The van der Waals surface area contributed by atoms with Gasteiger partial charge in [-0.15, -0.1) is 10.2 Å². The number of aromatic hydroxyl groups is 1. The number of carbonyl (C=O) groups excluding carboxylic acids is 1. The molecule has 33 heavy (non-hydrogen) atoms. The van der Waals surface area contributed by atoms with E-state index in [0.717, 1.165) is 29.9 Å². The van der Waals surface area contributed by atoms with Crippen LogP contribution < -0.4 is 0 Å². The average molecular weight is 468 g/mol. The van der Waals surface area contributed by atoms with Crippen molar-refractivity contribution in [2.45, 2.75) is 33.0 Å². The molecule has 0 unspecified atom stereocenters.